The van der Waals surface area contributed by atoms with Gasteiger partial charge >= 0.3 is 0 Å². The number of anilines is 1. The quantitative estimate of drug-likeness (QED) is 0.811. The van der Waals surface area contributed by atoms with E-state index in [1.807, 2.05) is 24.1 Å². The molecule has 0 bridgehead atoms. The fraction of sp³-hybridized carbons (Fsp3) is 0.533. The summed E-state index contributed by atoms with van der Waals surface area (Å²) in [4.78, 5) is 14.1. The van der Waals surface area contributed by atoms with Crippen LogP contribution in [0.15, 0.2) is 18.2 Å². The van der Waals surface area contributed by atoms with E-state index in [4.69, 9.17) is 5.73 Å². The van der Waals surface area contributed by atoms with E-state index in [1.54, 1.807) is 0 Å². The zero-order valence-electron chi connectivity index (χ0n) is 11.8. The standard InChI is InChI=1S/C15H23N3O/c1-3-11(9-17-2)10-18-14-5-4-12(8-16)6-13(14)7-15(18)19/h4-6,11,17H,3,7-10,16H2,1-2H3. The molecule has 0 saturated carbocycles. The van der Waals surface area contributed by atoms with Crippen molar-refractivity contribution in [2.45, 2.75) is 26.3 Å². The fourth-order valence-corrected chi connectivity index (χ4v) is 2.65. The maximum Gasteiger partial charge on any atom is 0.231 e. The van der Waals surface area contributed by atoms with E-state index in [-0.39, 0.29) is 5.91 Å². The van der Waals surface area contributed by atoms with Gasteiger partial charge in [-0.3, -0.25) is 4.79 Å². The van der Waals surface area contributed by atoms with Crippen LogP contribution in [0.2, 0.25) is 0 Å². The van der Waals surface area contributed by atoms with Gasteiger partial charge in [-0.05, 0) is 36.7 Å². The van der Waals surface area contributed by atoms with Crippen LogP contribution in [-0.4, -0.2) is 26.0 Å². The maximum atomic E-state index is 12.2. The molecule has 1 amide bonds. The molecule has 1 aliphatic rings. The first-order chi connectivity index (χ1) is 9.19. The Morgan fingerprint density at radius 2 is 2.26 bits per heavy atom. The van der Waals surface area contributed by atoms with Crippen LogP contribution in [0.1, 0.15) is 24.5 Å². The topological polar surface area (TPSA) is 58.4 Å². The van der Waals surface area contributed by atoms with Crippen LogP contribution in [0.5, 0.6) is 0 Å². The van der Waals surface area contributed by atoms with Gasteiger partial charge in [0, 0.05) is 18.8 Å². The molecule has 0 fully saturated rings. The Labute approximate surface area is 115 Å². The number of nitrogens with zero attached hydrogens (tertiary/aromatic N) is 1. The first kappa shape index (κ1) is 14.0. The van der Waals surface area contributed by atoms with Crippen molar-refractivity contribution in [3.05, 3.63) is 29.3 Å². The SMILES string of the molecule is CCC(CNC)CN1C(=O)Cc2cc(CN)ccc21. The highest BCUT2D eigenvalue weighted by Gasteiger charge is 2.28. The summed E-state index contributed by atoms with van der Waals surface area (Å²) in [6.45, 7) is 4.43. The molecule has 4 nitrogen and oxygen atoms in total. The molecule has 0 aliphatic carbocycles. The van der Waals surface area contributed by atoms with Gasteiger partial charge in [0.15, 0.2) is 0 Å². The number of amides is 1. The van der Waals surface area contributed by atoms with Gasteiger partial charge in [-0.15, -0.1) is 0 Å². The van der Waals surface area contributed by atoms with Crippen molar-refractivity contribution in [1.82, 2.24) is 5.32 Å². The average molecular weight is 261 g/mol. The average Bonchev–Trinajstić information content (AvgIpc) is 2.73. The number of fused-ring (bicyclic) bond motifs is 1. The van der Waals surface area contributed by atoms with Gasteiger partial charge in [0.25, 0.3) is 0 Å². The van der Waals surface area contributed by atoms with E-state index < -0.39 is 0 Å². The molecule has 2 rings (SSSR count). The third-order valence-corrected chi connectivity index (χ3v) is 3.82. The van der Waals surface area contributed by atoms with Crippen molar-refractivity contribution in [3.63, 3.8) is 0 Å². The third kappa shape index (κ3) is 2.96. The zero-order chi connectivity index (χ0) is 13.8. The third-order valence-electron chi connectivity index (χ3n) is 3.82. The van der Waals surface area contributed by atoms with Crippen LogP contribution < -0.4 is 16.0 Å². The molecular weight excluding hydrogens is 238 g/mol. The lowest BCUT2D eigenvalue weighted by atomic mass is 10.1. The smallest absolute Gasteiger partial charge is 0.231 e. The molecule has 1 unspecified atom stereocenters. The minimum Gasteiger partial charge on any atom is -0.326 e. The first-order valence-corrected chi connectivity index (χ1v) is 6.96. The van der Waals surface area contributed by atoms with Gasteiger partial charge in [-0.25, -0.2) is 0 Å². The van der Waals surface area contributed by atoms with E-state index in [0.717, 1.165) is 36.3 Å². The normalized spacial score (nSPS) is 15.7. The van der Waals surface area contributed by atoms with Crippen LogP contribution >= 0.6 is 0 Å². The summed E-state index contributed by atoms with van der Waals surface area (Å²) in [5.41, 5.74) is 8.93. The molecule has 1 aromatic rings. The number of hydrogen-bond donors (Lipinski definition) is 2. The van der Waals surface area contributed by atoms with Crippen molar-refractivity contribution >= 4 is 11.6 Å². The summed E-state index contributed by atoms with van der Waals surface area (Å²) < 4.78 is 0. The van der Waals surface area contributed by atoms with Gasteiger partial charge in [0.1, 0.15) is 0 Å². The van der Waals surface area contributed by atoms with Crippen molar-refractivity contribution in [2.24, 2.45) is 11.7 Å². The Hall–Kier alpha value is -1.39. The Kier molecular flexibility index (Phi) is 4.56. The van der Waals surface area contributed by atoms with Gasteiger partial charge in [-0.1, -0.05) is 25.5 Å². The highest BCUT2D eigenvalue weighted by Crippen LogP contribution is 2.30. The largest absolute Gasteiger partial charge is 0.326 e. The molecule has 4 heteroatoms. The van der Waals surface area contributed by atoms with Gasteiger partial charge in [-0.2, -0.15) is 0 Å². The first-order valence-electron chi connectivity index (χ1n) is 6.96. The van der Waals surface area contributed by atoms with E-state index in [9.17, 15) is 4.79 Å². The maximum absolute atomic E-state index is 12.2. The lowest BCUT2D eigenvalue weighted by Gasteiger charge is -2.23. The summed E-state index contributed by atoms with van der Waals surface area (Å²) in [5, 5.41) is 3.20. The van der Waals surface area contributed by atoms with E-state index >= 15 is 0 Å². The lowest BCUT2D eigenvalue weighted by molar-refractivity contribution is -0.117. The van der Waals surface area contributed by atoms with Gasteiger partial charge < -0.3 is 16.0 Å². The molecule has 0 radical (unpaired) electrons. The van der Waals surface area contributed by atoms with Gasteiger partial charge in [0.2, 0.25) is 5.91 Å². The Morgan fingerprint density at radius 1 is 1.47 bits per heavy atom. The van der Waals surface area contributed by atoms with Crippen LogP contribution in [0, 0.1) is 5.92 Å². The zero-order valence-corrected chi connectivity index (χ0v) is 11.8. The molecule has 104 valence electrons. The van der Waals surface area contributed by atoms with Crippen molar-refractivity contribution in [1.29, 1.82) is 0 Å². The van der Waals surface area contributed by atoms with Crippen LogP contribution in [0.3, 0.4) is 0 Å². The van der Waals surface area contributed by atoms with Crippen LogP contribution in [0.25, 0.3) is 0 Å². The Balaban J connectivity index is 2.17. The summed E-state index contributed by atoms with van der Waals surface area (Å²) in [6.07, 6.45) is 1.58. The Morgan fingerprint density at radius 3 is 2.89 bits per heavy atom. The minimum atomic E-state index is 0.207. The van der Waals surface area contributed by atoms with E-state index in [1.165, 1.54) is 0 Å². The highest BCUT2D eigenvalue weighted by molar-refractivity contribution is 6.01. The second kappa shape index (κ2) is 6.17. The minimum absolute atomic E-state index is 0.207. The highest BCUT2D eigenvalue weighted by atomic mass is 16.2. The lowest BCUT2D eigenvalue weighted by Crippen LogP contribution is -2.35. The predicted octanol–water partition coefficient (Wildman–Crippen LogP) is 1.28. The summed E-state index contributed by atoms with van der Waals surface area (Å²) >= 11 is 0. The number of benzene rings is 1. The molecule has 0 spiro atoms. The molecule has 1 heterocycles. The van der Waals surface area contributed by atoms with E-state index in [2.05, 4.69) is 18.3 Å². The van der Waals surface area contributed by atoms with Crippen LogP contribution in [-0.2, 0) is 17.8 Å². The van der Waals surface area contributed by atoms with Crippen molar-refractivity contribution in [3.8, 4) is 0 Å². The van der Waals surface area contributed by atoms with Crippen molar-refractivity contribution in [2.75, 3.05) is 25.0 Å². The van der Waals surface area contributed by atoms with Crippen molar-refractivity contribution < 1.29 is 4.79 Å². The fourth-order valence-electron chi connectivity index (χ4n) is 2.65. The molecule has 1 aromatic carbocycles. The second-order valence-electron chi connectivity index (χ2n) is 5.18. The number of hydrogen-bond acceptors (Lipinski definition) is 3. The number of rotatable bonds is 6. The number of carbonyl (C=O) groups is 1. The predicted molar refractivity (Wildman–Crippen MR) is 78.1 cm³/mol. The molecule has 19 heavy (non-hydrogen) atoms. The van der Waals surface area contributed by atoms with Crippen LogP contribution in [0.4, 0.5) is 5.69 Å². The summed E-state index contributed by atoms with van der Waals surface area (Å²) in [5.74, 6) is 0.702. The molecular formula is C15H23N3O. The molecule has 0 aromatic heterocycles. The number of nitrogens with one attached hydrogen (secondary N) is 1. The molecule has 0 saturated heterocycles. The molecule has 1 atom stereocenters. The molecule has 3 N–H and O–H groups in total. The number of carbonyl (C=O) groups excluding carboxylic acids is 1. The summed E-state index contributed by atoms with van der Waals surface area (Å²) in [7, 11) is 1.95. The van der Waals surface area contributed by atoms with Gasteiger partial charge in [0.05, 0.1) is 6.42 Å². The summed E-state index contributed by atoms with van der Waals surface area (Å²) in [6, 6.07) is 6.12. The Bertz CT molecular complexity index is 459. The number of nitrogens with two attached hydrogens (primary N) is 1. The molecule has 1 aliphatic heterocycles. The second-order valence-corrected chi connectivity index (χ2v) is 5.18. The monoisotopic (exact) mass is 261 g/mol. The van der Waals surface area contributed by atoms with E-state index in [0.29, 0.717) is 18.9 Å².